The van der Waals surface area contributed by atoms with Crippen molar-refractivity contribution in [2.75, 3.05) is 26.4 Å². The summed E-state index contributed by atoms with van der Waals surface area (Å²) in [6.07, 6.45) is -0.335. The molecule has 2 N–H and O–H groups in total. The zero-order valence-corrected chi connectivity index (χ0v) is 11.6. The maximum absolute atomic E-state index is 9.54. The van der Waals surface area contributed by atoms with Gasteiger partial charge in [-0.2, -0.15) is 0 Å². The first-order chi connectivity index (χ1) is 7.91. The van der Waals surface area contributed by atoms with Crippen LogP contribution in [0.15, 0.2) is 0 Å². The number of aliphatic hydroxyl groups is 2. The lowest BCUT2D eigenvalue weighted by Gasteiger charge is -2.16. The van der Waals surface area contributed by atoms with Gasteiger partial charge in [-0.05, 0) is 18.3 Å². The van der Waals surface area contributed by atoms with Crippen molar-refractivity contribution in [1.82, 2.24) is 0 Å². The Balaban J connectivity index is 3.41. The van der Waals surface area contributed by atoms with E-state index in [1.807, 2.05) is 0 Å². The average molecular weight is 248 g/mol. The molecule has 4 heteroatoms. The normalized spacial score (nSPS) is 15.5. The van der Waals surface area contributed by atoms with Gasteiger partial charge in [-0.15, -0.1) is 0 Å². The molecule has 0 aliphatic rings. The van der Waals surface area contributed by atoms with Crippen LogP contribution in [-0.4, -0.2) is 48.8 Å². The topological polar surface area (TPSA) is 58.9 Å². The summed E-state index contributed by atoms with van der Waals surface area (Å²) >= 11 is 0. The molecule has 0 aromatic rings. The maximum atomic E-state index is 9.54. The fourth-order valence-corrected chi connectivity index (χ4v) is 1.44. The molecule has 0 rings (SSSR count). The summed E-state index contributed by atoms with van der Waals surface area (Å²) in [6, 6.07) is 0. The molecule has 0 heterocycles. The fraction of sp³-hybridized carbons (Fsp3) is 1.00. The van der Waals surface area contributed by atoms with Gasteiger partial charge < -0.3 is 19.7 Å². The van der Waals surface area contributed by atoms with Gasteiger partial charge in [0, 0.05) is 6.61 Å². The molecule has 0 amide bonds. The monoisotopic (exact) mass is 248 g/mol. The van der Waals surface area contributed by atoms with E-state index in [2.05, 4.69) is 27.7 Å². The average Bonchev–Trinajstić information content (AvgIpc) is 2.15. The molecule has 17 heavy (non-hydrogen) atoms. The predicted octanol–water partition coefficient (Wildman–Crippen LogP) is 1.44. The molecule has 0 aromatic heterocycles. The molecule has 0 aliphatic heterocycles. The van der Waals surface area contributed by atoms with E-state index in [9.17, 15) is 10.2 Å². The molecule has 0 aromatic carbocycles. The van der Waals surface area contributed by atoms with E-state index in [1.165, 1.54) is 0 Å². The SMILES string of the molecule is CC(C)COCC(O)COCC(O)CC(C)C. The van der Waals surface area contributed by atoms with Crippen LogP contribution in [0.5, 0.6) is 0 Å². The molecule has 0 bridgehead atoms. The molecule has 0 fully saturated rings. The first-order valence-electron chi connectivity index (χ1n) is 6.43. The van der Waals surface area contributed by atoms with E-state index >= 15 is 0 Å². The van der Waals surface area contributed by atoms with Gasteiger partial charge in [-0.1, -0.05) is 27.7 Å². The van der Waals surface area contributed by atoms with Crippen LogP contribution >= 0.6 is 0 Å². The Bertz CT molecular complexity index is 171. The van der Waals surface area contributed by atoms with Crippen molar-refractivity contribution in [3.8, 4) is 0 Å². The Hall–Kier alpha value is -0.160. The molecule has 4 nitrogen and oxygen atoms in total. The Morgan fingerprint density at radius 3 is 1.65 bits per heavy atom. The second-order valence-electron chi connectivity index (χ2n) is 5.41. The molecule has 104 valence electrons. The number of rotatable bonds is 10. The third-order valence-corrected chi connectivity index (χ3v) is 2.13. The minimum atomic E-state index is -0.611. The number of ether oxygens (including phenoxy) is 2. The van der Waals surface area contributed by atoms with Crippen molar-refractivity contribution in [2.24, 2.45) is 11.8 Å². The molecule has 0 radical (unpaired) electrons. The van der Waals surface area contributed by atoms with Crippen LogP contribution in [0.4, 0.5) is 0 Å². The Morgan fingerprint density at radius 2 is 1.18 bits per heavy atom. The maximum Gasteiger partial charge on any atom is 0.101 e. The lowest BCUT2D eigenvalue weighted by Crippen LogP contribution is -2.26. The Morgan fingerprint density at radius 1 is 0.706 bits per heavy atom. The largest absolute Gasteiger partial charge is 0.391 e. The van der Waals surface area contributed by atoms with E-state index < -0.39 is 12.2 Å². The van der Waals surface area contributed by atoms with Crippen LogP contribution in [0.3, 0.4) is 0 Å². The lowest BCUT2D eigenvalue weighted by molar-refractivity contribution is -0.0450. The summed E-state index contributed by atoms with van der Waals surface area (Å²) in [6.45, 7) is 9.66. The number of hydrogen-bond donors (Lipinski definition) is 2. The smallest absolute Gasteiger partial charge is 0.101 e. The highest BCUT2D eigenvalue weighted by molar-refractivity contribution is 4.58. The van der Waals surface area contributed by atoms with Crippen molar-refractivity contribution in [3.63, 3.8) is 0 Å². The minimum Gasteiger partial charge on any atom is -0.391 e. The van der Waals surface area contributed by atoms with Crippen LogP contribution in [0.25, 0.3) is 0 Å². The minimum absolute atomic E-state index is 0.216. The van der Waals surface area contributed by atoms with E-state index in [-0.39, 0.29) is 13.2 Å². The van der Waals surface area contributed by atoms with Crippen molar-refractivity contribution in [3.05, 3.63) is 0 Å². The third kappa shape index (κ3) is 12.1. The van der Waals surface area contributed by atoms with Crippen LogP contribution in [0.1, 0.15) is 34.1 Å². The molecular formula is C13H28O4. The molecule has 2 atom stereocenters. The van der Waals surface area contributed by atoms with Crippen molar-refractivity contribution >= 4 is 0 Å². The molecule has 0 saturated carbocycles. The van der Waals surface area contributed by atoms with Gasteiger partial charge in [0.2, 0.25) is 0 Å². The molecule has 0 aliphatic carbocycles. The third-order valence-electron chi connectivity index (χ3n) is 2.13. The van der Waals surface area contributed by atoms with Gasteiger partial charge in [0.05, 0.1) is 25.9 Å². The summed E-state index contributed by atoms with van der Waals surface area (Å²) in [5, 5.41) is 19.1. The van der Waals surface area contributed by atoms with Gasteiger partial charge in [0.25, 0.3) is 0 Å². The van der Waals surface area contributed by atoms with Gasteiger partial charge in [-0.3, -0.25) is 0 Å². The zero-order chi connectivity index (χ0) is 13.3. The van der Waals surface area contributed by atoms with Gasteiger partial charge >= 0.3 is 0 Å². The number of aliphatic hydroxyl groups excluding tert-OH is 2. The van der Waals surface area contributed by atoms with Crippen LogP contribution < -0.4 is 0 Å². The standard InChI is InChI=1S/C13H28O4/c1-10(2)5-12(14)7-17-9-13(15)8-16-6-11(3)4/h10-15H,5-9H2,1-4H3. The van der Waals surface area contributed by atoms with Crippen molar-refractivity contribution in [2.45, 2.75) is 46.3 Å². The summed E-state index contributed by atoms with van der Waals surface area (Å²) < 4.78 is 10.5. The van der Waals surface area contributed by atoms with E-state index in [4.69, 9.17) is 9.47 Å². The Kier molecular flexibility index (Phi) is 9.74. The van der Waals surface area contributed by atoms with E-state index in [0.717, 1.165) is 6.42 Å². The predicted molar refractivity (Wildman–Crippen MR) is 67.9 cm³/mol. The highest BCUT2D eigenvalue weighted by Gasteiger charge is 2.09. The van der Waals surface area contributed by atoms with E-state index in [1.54, 1.807) is 0 Å². The summed E-state index contributed by atoms with van der Waals surface area (Å²) in [7, 11) is 0. The highest BCUT2D eigenvalue weighted by Crippen LogP contribution is 2.04. The van der Waals surface area contributed by atoms with Crippen molar-refractivity contribution < 1.29 is 19.7 Å². The molecular weight excluding hydrogens is 220 g/mol. The van der Waals surface area contributed by atoms with Gasteiger partial charge in [0.1, 0.15) is 6.10 Å². The molecule has 2 unspecified atom stereocenters. The second-order valence-corrected chi connectivity index (χ2v) is 5.41. The summed E-state index contributed by atoms with van der Waals surface area (Å²) in [5.41, 5.74) is 0. The van der Waals surface area contributed by atoms with Gasteiger partial charge in [-0.25, -0.2) is 0 Å². The molecule has 0 spiro atoms. The molecule has 0 saturated heterocycles. The second kappa shape index (κ2) is 9.83. The summed E-state index contributed by atoms with van der Waals surface area (Å²) in [4.78, 5) is 0. The van der Waals surface area contributed by atoms with Gasteiger partial charge in [0.15, 0.2) is 0 Å². The van der Waals surface area contributed by atoms with Crippen LogP contribution in [0.2, 0.25) is 0 Å². The van der Waals surface area contributed by atoms with E-state index in [0.29, 0.717) is 25.0 Å². The first-order valence-corrected chi connectivity index (χ1v) is 6.43. The highest BCUT2D eigenvalue weighted by atomic mass is 16.5. The quantitative estimate of drug-likeness (QED) is 0.614. The first kappa shape index (κ1) is 16.8. The fourth-order valence-electron chi connectivity index (χ4n) is 1.44. The van der Waals surface area contributed by atoms with Crippen molar-refractivity contribution in [1.29, 1.82) is 0 Å². The Labute approximate surface area is 105 Å². The zero-order valence-electron chi connectivity index (χ0n) is 11.6. The van der Waals surface area contributed by atoms with Crippen LogP contribution in [-0.2, 0) is 9.47 Å². The number of hydrogen-bond acceptors (Lipinski definition) is 4. The van der Waals surface area contributed by atoms with Crippen LogP contribution in [0, 0.1) is 11.8 Å². The lowest BCUT2D eigenvalue weighted by atomic mass is 10.1. The summed E-state index contributed by atoms with van der Waals surface area (Å²) in [5.74, 6) is 0.920.